The molecular weight excluding hydrogens is 296 g/mol. The van der Waals surface area contributed by atoms with Crippen molar-refractivity contribution >= 4 is 17.2 Å². The zero-order valence-electron chi connectivity index (χ0n) is 13.1. The lowest BCUT2D eigenvalue weighted by Crippen LogP contribution is -2.37. The summed E-state index contributed by atoms with van der Waals surface area (Å²) in [6.07, 6.45) is 2.58. The predicted molar refractivity (Wildman–Crippen MR) is 89.0 cm³/mol. The van der Waals surface area contributed by atoms with E-state index in [1.807, 2.05) is 14.1 Å². The SMILES string of the molecule is CN(C)CCNC(=O)[C@H]1CCc2[nH]nc(-c3ccsc3)c2C1. The summed E-state index contributed by atoms with van der Waals surface area (Å²) in [4.78, 5) is 14.4. The fraction of sp³-hybridized carbons (Fsp3) is 0.500. The van der Waals surface area contributed by atoms with Gasteiger partial charge in [0.15, 0.2) is 0 Å². The lowest BCUT2D eigenvalue weighted by molar-refractivity contribution is -0.125. The number of carbonyl (C=O) groups is 1. The normalized spacial score (nSPS) is 17.5. The summed E-state index contributed by atoms with van der Waals surface area (Å²) in [5.41, 5.74) is 4.58. The molecule has 1 aliphatic carbocycles. The smallest absolute Gasteiger partial charge is 0.223 e. The molecule has 0 saturated carbocycles. The number of aromatic nitrogens is 2. The van der Waals surface area contributed by atoms with Gasteiger partial charge in [-0.25, -0.2) is 0 Å². The Kier molecular flexibility index (Phi) is 4.59. The highest BCUT2D eigenvalue weighted by molar-refractivity contribution is 7.08. The van der Waals surface area contributed by atoms with Gasteiger partial charge in [-0.05, 0) is 44.8 Å². The molecule has 2 N–H and O–H groups in total. The van der Waals surface area contributed by atoms with Gasteiger partial charge in [-0.15, -0.1) is 0 Å². The number of fused-ring (bicyclic) bond motifs is 1. The van der Waals surface area contributed by atoms with Gasteiger partial charge in [-0.2, -0.15) is 16.4 Å². The molecule has 0 saturated heterocycles. The van der Waals surface area contributed by atoms with Crippen LogP contribution in [0.1, 0.15) is 17.7 Å². The number of thiophene rings is 1. The molecule has 0 radical (unpaired) electrons. The molecule has 6 heteroatoms. The maximum Gasteiger partial charge on any atom is 0.223 e. The topological polar surface area (TPSA) is 61.0 Å². The van der Waals surface area contributed by atoms with E-state index in [2.05, 4.69) is 37.2 Å². The third-order valence-electron chi connectivity index (χ3n) is 4.17. The molecule has 0 spiro atoms. The van der Waals surface area contributed by atoms with Crippen LogP contribution in [0.15, 0.2) is 16.8 Å². The van der Waals surface area contributed by atoms with Crippen molar-refractivity contribution in [3.05, 3.63) is 28.1 Å². The van der Waals surface area contributed by atoms with E-state index in [1.165, 1.54) is 11.3 Å². The standard InChI is InChI=1S/C16H22N4OS/c1-20(2)7-6-17-16(21)11-3-4-14-13(9-11)15(19-18-14)12-5-8-22-10-12/h5,8,10-11H,3-4,6-7,9H2,1-2H3,(H,17,21)(H,18,19)/t11-/m0/s1. The first-order chi connectivity index (χ1) is 10.6. The van der Waals surface area contributed by atoms with Crippen LogP contribution in [-0.4, -0.2) is 48.2 Å². The molecule has 0 unspecified atom stereocenters. The third kappa shape index (κ3) is 3.23. The number of H-pyrrole nitrogens is 1. The van der Waals surface area contributed by atoms with E-state index < -0.39 is 0 Å². The first kappa shape index (κ1) is 15.2. The van der Waals surface area contributed by atoms with E-state index in [1.54, 1.807) is 11.3 Å². The summed E-state index contributed by atoms with van der Waals surface area (Å²) in [7, 11) is 4.02. The van der Waals surface area contributed by atoms with Crippen LogP contribution in [0.5, 0.6) is 0 Å². The second kappa shape index (κ2) is 6.62. The van der Waals surface area contributed by atoms with Gasteiger partial charge in [0.05, 0.1) is 5.69 Å². The van der Waals surface area contributed by atoms with Crippen LogP contribution in [0.25, 0.3) is 11.3 Å². The number of likely N-dealkylation sites (N-methyl/N-ethyl adjacent to an activating group) is 1. The van der Waals surface area contributed by atoms with Crippen LogP contribution in [0.3, 0.4) is 0 Å². The Labute approximate surface area is 134 Å². The molecular formula is C16H22N4OS. The van der Waals surface area contributed by atoms with Crippen LogP contribution in [-0.2, 0) is 17.6 Å². The quantitative estimate of drug-likeness (QED) is 0.885. The van der Waals surface area contributed by atoms with Crippen molar-refractivity contribution < 1.29 is 4.79 Å². The minimum Gasteiger partial charge on any atom is -0.355 e. The molecule has 22 heavy (non-hydrogen) atoms. The maximum absolute atomic E-state index is 12.4. The zero-order chi connectivity index (χ0) is 15.5. The Hall–Kier alpha value is -1.66. The number of hydrogen-bond donors (Lipinski definition) is 2. The van der Waals surface area contributed by atoms with E-state index >= 15 is 0 Å². The first-order valence-electron chi connectivity index (χ1n) is 7.66. The molecule has 2 heterocycles. The summed E-state index contributed by atoms with van der Waals surface area (Å²) in [6, 6.07) is 2.09. The van der Waals surface area contributed by atoms with Crippen LogP contribution in [0, 0.1) is 5.92 Å². The van der Waals surface area contributed by atoms with E-state index in [-0.39, 0.29) is 11.8 Å². The number of carbonyl (C=O) groups excluding carboxylic acids is 1. The fourth-order valence-corrected chi connectivity index (χ4v) is 3.54. The second-order valence-corrected chi connectivity index (χ2v) is 6.86. The molecule has 0 fully saturated rings. The Balaban J connectivity index is 1.68. The van der Waals surface area contributed by atoms with Crippen LogP contribution in [0.4, 0.5) is 0 Å². The largest absolute Gasteiger partial charge is 0.355 e. The molecule has 1 atom stereocenters. The van der Waals surface area contributed by atoms with Gasteiger partial charge in [0.1, 0.15) is 0 Å². The van der Waals surface area contributed by atoms with Gasteiger partial charge in [0.25, 0.3) is 0 Å². The van der Waals surface area contributed by atoms with Crippen molar-refractivity contribution in [2.75, 3.05) is 27.2 Å². The van der Waals surface area contributed by atoms with Gasteiger partial charge in [0.2, 0.25) is 5.91 Å². The van der Waals surface area contributed by atoms with Gasteiger partial charge in [-0.1, -0.05) is 0 Å². The van der Waals surface area contributed by atoms with E-state index in [4.69, 9.17) is 0 Å². The van der Waals surface area contributed by atoms with Crippen molar-refractivity contribution in [1.82, 2.24) is 20.4 Å². The minimum absolute atomic E-state index is 0.0599. The highest BCUT2D eigenvalue weighted by Crippen LogP contribution is 2.32. The van der Waals surface area contributed by atoms with E-state index in [0.29, 0.717) is 6.54 Å². The molecule has 0 aromatic carbocycles. The number of aryl methyl sites for hydroxylation is 1. The molecule has 1 aliphatic rings. The van der Waals surface area contributed by atoms with Crippen molar-refractivity contribution in [1.29, 1.82) is 0 Å². The average molecular weight is 318 g/mol. The number of hydrogen-bond acceptors (Lipinski definition) is 4. The molecule has 3 rings (SSSR count). The zero-order valence-corrected chi connectivity index (χ0v) is 13.9. The van der Waals surface area contributed by atoms with Crippen molar-refractivity contribution in [3.63, 3.8) is 0 Å². The van der Waals surface area contributed by atoms with E-state index in [9.17, 15) is 4.79 Å². The third-order valence-corrected chi connectivity index (χ3v) is 4.85. The lowest BCUT2D eigenvalue weighted by atomic mass is 9.85. The summed E-state index contributed by atoms with van der Waals surface area (Å²) in [5.74, 6) is 0.231. The lowest BCUT2D eigenvalue weighted by Gasteiger charge is -2.22. The monoisotopic (exact) mass is 318 g/mol. The van der Waals surface area contributed by atoms with Crippen molar-refractivity contribution in [2.45, 2.75) is 19.3 Å². The van der Waals surface area contributed by atoms with Crippen LogP contribution < -0.4 is 5.32 Å². The Morgan fingerprint density at radius 1 is 1.55 bits per heavy atom. The molecule has 5 nitrogen and oxygen atoms in total. The van der Waals surface area contributed by atoms with Crippen LogP contribution in [0.2, 0.25) is 0 Å². The fourth-order valence-electron chi connectivity index (χ4n) is 2.90. The second-order valence-electron chi connectivity index (χ2n) is 6.08. The highest BCUT2D eigenvalue weighted by Gasteiger charge is 2.28. The molecule has 0 aliphatic heterocycles. The highest BCUT2D eigenvalue weighted by atomic mass is 32.1. The van der Waals surface area contributed by atoms with Crippen LogP contribution >= 0.6 is 11.3 Å². The molecule has 2 aromatic heterocycles. The predicted octanol–water partition coefficient (Wildman–Crippen LogP) is 1.92. The van der Waals surface area contributed by atoms with Gasteiger partial charge in [-0.3, -0.25) is 9.89 Å². The van der Waals surface area contributed by atoms with Gasteiger partial charge in [0, 0.05) is 41.2 Å². The summed E-state index contributed by atoms with van der Waals surface area (Å²) >= 11 is 1.67. The molecule has 1 amide bonds. The average Bonchev–Trinajstić information content (AvgIpc) is 3.14. The maximum atomic E-state index is 12.4. The summed E-state index contributed by atoms with van der Waals surface area (Å²) < 4.78 is 0. The van der Waals surface area contributed by atoms with E-state index in [0.717, 1.165) is 37.1 Å². The number of amides is 1. The number of nitrogens with zero attached hydrogens (tertiary/aromatic N) is 2. The number of rotatable bonds is 5. The Morgan fingerprint density at radius 2 is 2.41 bits per heavy atom. The molecule has 2 aromatic rings. The summed E-state index contributed by atoms with van der Waals surface area (Å²) in [6.45, 7) is 1.58. The Bertz CT molecular complexity index is 633. The number of aromatic amines is 1. The van der Waals surface area contributed by atoms with Gasteiger partial charge < -0.3 is 10.2 Å². The number of nitrogens with one attached hydrogen (secondary N) is 2. The summed E-state index contributed by atoms with van der Waals surface area (Å²) in [5, 5.41) is 14.8. The molecule has 118 valence electrons. The minimum atomic E-state index is 0.0599. The van der Waals surface area contributed by atoms with Gasteiger partial charge >= 0.3 is 0 Å². The Morgan fingerprint density at radius 3 is 3.14 bits per heavy atom. The first-order valence-corrected chi connectivity index (χ1v) is 8.60. The van der Waals surface area contributed by atoms with Crippen molar-refractivity contribution in [3.8, 4) is 11.3 Å². The van der Waals surface area contributed by atoms with Crippen molar-refractivity contribution in [2.24, 2.45) is 5.92 Å². The molecule has 0 bridgehead atoms.